The zero-order valence-corrected chi connectivity index (χ0v) is 18.7. The van der Waals surface area contributed by atoms with Gasteiger partial charge in [0.25, 0.3) is 5.91 Å². The van der Waals surface area contributed by atoms with E-state index < -0.39 is 0 Å². The minimum absolute atomic E-state index is 0.105. The van der Waals surface area contributed by atoms with Crippen molar-refractivity contribution in [1.82, 2.24) is 20.1 Å². The van der Waals surface area contributed by atoms with Crippen molar-refractivity contribution >= 4 is 28.5 Å². The van der Waals surface area contributed by atoms with E-state index in [0.29, 0.717) is 16.9 Å². The lowest BCUT2D eigenvalue weighted by atomic mass is 10.1. The molecule has 162 valence electrons. The second-order valence-electron chi connectivity index (χ2n) is 8.79. The van der Waals surface area contributed by atoms with Gasteiger partial charge in [-0.05, 0) is 64.7 Å². The minimum Gasteiger partial charge on any atom is -0.343 e. The minimum atomic E-state index is -0.287. The molecule has 7 heteroatoms. The summed E-state index contributed by atoms with van der Waals surface area (Å²) in [6, 6.07) is 6.05. The number of amides is 2. The fourth-order valence-corrected chi connectivity index (χ4v) is 4.01. The normalized spacial score (nSPS) is 13.6. The number of hydrogen-bond donors (Lipinski definition) is 2. The molecular formula is C24H29N5O2. The van der Waals surface area contributed by atoms with E-state index in [0.717, 1.165) is 46.6 Å². The number of nitrogens with zero attached hydrogens (tertiary/aromatic N) is 3. The summed E-state index contributed by atoms with van der Waals surface area (Å²) in [6.07, 6.45) is 3.87. The van der Waals surface area contributed by atoms with Gasteiger partial charge in [-0.25, -0.2) is 9.67 Å². The molecule has 0 bridgehead atoms. The number of carbonyl (C=O) groups excluding carboxylic acids is 2. The van der Waals surface area contributed by atoms with Crippen LogP contribution in [0.5, 0.6) is 0 Å². The maximum atomic E-state index is 13.0. The van der Waals surface area contributed by atoms with Crippen LogP contribution in [0.3, 0.4) is 0 Å². The number of carbonyl (C=O) groups is 2. The number of pyridine rings is 1. The average Bonchev–Trinajstić information content (AvgIpc) is 3.46. The molecule has 2 amide bonds. The van der Waals surface area contributed by atoms with E-state index in [-0.39, 0.29) is 24.4 Å². The van der Waals surface area contributed by atoms with E-state index in [4.69, 9.17) is 4.98 Å². The third-order valence-corrected chi connectivity index (χ3v) is 5.67. The van der Waals surface area contributed by atoms with E-state index in [1.807, 2.05) is 57.5 Å². The van der Waals surface area contributed by atoms with Crippen LogP contribution in [-0.4, -0.2) is 33.1 Å². The number of nitrogens with one attached hydrogen (secondary N) is 2. The summed E-state index contributed by atoms with van der Waals surface area (Å²) in [5.74, 6) is -0.138. The third-order valence-electron chi connectivity index (χ3n) is 5.67. The summed E-state index contributed by atoms with van der Waals surface area (Å²) < 4.78 is 1.84. The lowest BCUT2D eigenvalue weighted by Gasteiger charge is -2.14. The highest BCUT2D eigenvalue weighted by Gasteiger charge is 2.28. The zero-order valence-electron chi connectivity index (χ0n) is 18.7. The highest BCUT2D eigenvalue weighted by molar-refractivity contribution is 6.07. The van der Waals surface area contributed by atoms with Crippen molar-refractivity contribution in [2.45, 2.75) is 59.4 Å². The lowest BCUT2D eigenvalue weighted by Crippen LogP contribution is -2.33. The number of benzene rings is 1. The quantitative estimate of drug-likeness (QED) is 0.627. The van der Waals surface area contributed by atoms with E-state index in [2.05, 4.69) is 15.7 Å². The van der Waals surface area contributed by atoms with Crippen LogP contribution >= 0.6 is 0 Å². The molecule has 0 atom stereocenters. The molecule has 1 aliphatic carbocycles. The zero-order chi connectivity index (χ0) is 22.3. The van der Waals surface area contributed by atoms with Crippen LogP contribution in [0.4, 0.5) is 5.69 Å². The number of aryl methyl sites for hydroxylation is 3. The molecule has 0 saturated heterocycles. The van der Waals surface area contributed by atoms with Gasteiger partial charge in [-0.3, -0.25) is 9.59 Å². The number of hydrogen-bond acceptors (Lipinski definition) is 4. The van der Waals surface area contributed by atoms with Crippen LogP contribution in [0.1, 0.15) is 71.4 Å². The van der Waals surface area contributed by atoms with Crippen molar-refractivity contribution < 1.29 is 9.59 Å². The Kier molecular flexibility index (Phi) is 5.52. The van der Waals surface area contributed by atoms with Crippen LogP contribution in [0.25, 0.3) is 11.0 Å². The SMILES string of the molecule is Cc1cc(C)c(NC(=O)CNC(=O)c2cc(C3CC3)nc3c2cnn3C(C)C)c(C)c1. The number of aromatic nitrogens is 3. The van der Waals surface area contributed by atoms with Crippen molar-refractivity contribution in [2.24, 2.45) is 0 Å². The summed E-state index contributed by atoms with van der Waals surface area (Å²) >= 11 is 0. The topological polar surface area (TPSA) is 88.9 Å². The lowest BCUT2D eigenvalue weighted by molar-refractivity contribution is -0.115. The summed E-state index contributed by atoms with van der Waals surface area (Å²) in [5.41, 5.74) is 6.12. The Morgan fingerprint density at radius 2 is 1.81 bits per heavy atom. The van der Waals surface area contributed by atoms with Crippen LogP contribution in [0.2, 0.25) is 0 Å². The van der Waals surface area contributed by atoms with Gasteiger partial charge in [0.15, 0.2) is 5.65 Å². The van der Waals surface area contributed by atoms with Crippen LogP contribution in [0.15, 0.2) is 24.4 Å². The Hall–Kier alpha value is -3.22. The van der Waals surface area contributed by atoms with Gasteiger partial charge < -0.3 is 10.6 Å². The molecular weight excluding hydrogens is 390 g/mol. The Balaban J connectivity index is 1.53. The highest BCUT2D eigenvalue weighted by atomic mass is 16.2. The van der Waals surface area contributed by atoms with Crippen LogP contribution in [-0.2, 0) is 4.79 Å². The first kappa shape index (κ1) is 21.0. The van der Waals surface area contributed by atoms with Crippen molar-refractivity contribution in [3.63, 3.8) is 0 Å². The van der Waals surface area contributed by atoms with Gasteiger partial charge in [0.05, 0.1) is 23.7 Å². The summed E-state index contributed by atoms with van der Waals surface area (Å²) in [5, 5.41) is 10.8. The molecule has 2 heterocycles. The third kappa shape index (κ3) is 4.31. The maximum absolute atomic E-state index is 13.0. The largest absolute Gasteiger partial charge is 0.343 e. The highest BCUT2D eigenvalue weighted by Crippen LogP contribution is 2.40. The summed E-state index contributed by atoms with van der Waals surface area (Å²) in [6.45, 7) is 9.93. The van der Waals surface area contributed by atoms with Crippen molar-refractivity contribution in [3.8, 4) is 0 Å². The Labute approximate surface area is 182 Å². The Morgan fingerprint density at radius 3 is 2.42 bits per heavy atom. The maximum Gasteiger partial charge on any atom is 0.252 e. The molecule has 0 aliphatic heterocycles. The molecule has 1 fully saturated rings. The molecule has 1 aliphatic rings. The van der Waals surface area contributed by atoms with Gasteiger partial charge in [0.2, 0.25) is 5.91 Å². The van der Waals surface area contributed by atoms with Gasteiger partial charge in [-0.15, -0.1) is 0 Å². The predicted molar refractivity (Wildman–Crippen MR) is 122 cm³/mol. The number of anilines is 1. The molecule has 31 heavy (non-hydrogen) atoms. The summed E-state index contributed by atoms with van der Waals surface area (Å²) in [4.78, 5) is 30.3. The van der Waals surface area contributed by atoms with E-state index >= 15 is 0 Å². The van der Waals surface area contributed by atoms with Crippen molar-refractivity contribution in [2.75, 3.05) is 11.9 Å². The first-order valence-electron chi connectivity index (χ1n) is 10.8. The fourth-order valence-electron chi connectivity index (χ4n) is 4.01. The van der Waals surface area contributed by atoms with Crippen LogP contribution < -0.4 is 10.6 Å². The smallest absolute Gasteiger partial charge is 0.252 e. The Morgan fingerprint density at radius 1 is 1.13 bits per heavy atom. The van der Waals surface area contributed by atoms with E-state index in [1.54, 1.807) is 6.20 Å². The van der Waals surface area contributed by atoms with E-state index in [1.165, 1.54) is 0 Å². The summed E-state index contributed by atoms with van der Waals surface area (Å²) in [7, 11) is 0. The predicted octanol–water partition coefficient (Wildman–Crippen LogP) is 4.18. The molecule has 2 aromatic heterocycles. The Bertz CT molecular complexity index is 1150. The van der Waals surface area contributed by atoms with Gasteiger partial charge >= 0.3 is 0 Å². The standard InChI is InChI=1S/C24H29N5O2/c1-13(2)29-23-19(11-26-29)18(10-20(27-23)17-6-7-17)24(31)25-12-21(30)28-22-15(4)8-14(3)9-16(22)5/h8-11,13,17H,6-7,12H2,1-5H3,(H,25,31)(H,28,30). The number of rotatable bonds is 6. The molecule has 0 spiro atoms. The van der Waals surface area contributed by atoms with Gasteiger partial charge in [0.1, 0.15) is 0 Å². The van der Waals surface area contributed by atoms with Crippen LogP contribution in [0, 0.1) is 20.8 Å². The number of fused-ring (bicyclic) bond motifs is 1. The second-order valence-corrected chi connectivity index (χ2v) is 8.79. The van der Waals surface area contributed by atoms with Crippen molar-refractivity contribution in [3.05, 3.63) is 52.3 Å². The first-order valence-corrected chi connectivity index (χ1v) is 10.8. The van der Waals surface area contributed by atoms with Gasteiger partial charge in [-0.1, -0.05) is 17.7 Å². The second kappa shape index (κ2) is 8.13. The molecule has 0 unspecified atom stereocenters. The molecule has 4 rings (SSSR count). The fraction of sp³-hybridized carbons (Fsp3) is 0.417. The monoisotopic (exact) mass is 419 g/mol. The first-order chi connectivity index (χ1) is 14.7. The molecule has 3 aromatic rings. The van der Waals surface area contributed by atoms with Gasteiger partial charge in [0, 0.05) is 23.3 Å². The van der Waals surface area contributed by atoms with Gasteiger partial charge in [-0.2, -0.15) is 5.10 Å². The molecule has 2 N–H and O–H groups in total. The molecule has 0 radical (unpaired) electrons. The van der Waals surface area contributed by atoms with E-state index in [9.17, 15) is 9.59 Å². The molecule has 7 nitrogen and oxygen atoms in total. The van der Waals surface area contributed by atoms with Crippen molar-refractivity contribution in [1.29, 1.82) is 0 Å². The molecule has 1 saturated carbocycles. The molecule has 1 aromatic carbocycles. The average molecular weight is 420 g/mol.